The van der Waals surface area contributed by atoms with Gasteiger partial charge in [0.15, 0.2) is 5.96 Å². The van der Waals surface area contributed by atoms with Crippen LogP contribution in [0.4, 0.5) is 0 Å². The molecule has 6 heteroatoms. The second-order valence-corrected chi connectivity index (χ2v) is 8.76. The van der Waals surface area contributed by atoms with Crippen LogP contribution in [0.25, 0.3) is 10.1 Å². The number of fused-ring (bicyclic) bond motifs is 1. The molecule has 0 radical (unpaired) electrons. The van der Waals surface area contributed by atoms with Crippen LogP contribution in [0.2, 0.25) is 0 Å². The maximum Gasteiger partial charge on any atom is 0.231 e. The van der Waals surface area contributed by atoms with E-state index in [2.05, 4.69) is 46.8 Å². The van der Waals surface area contributed by atoms with Gasteiger partial charge in [0.1, 0.15) is 0 Å². The Hall–Kier alpha value is -1.92. The quantitative estimate of drug-likeness (QED) is 0.872. The van der Waals surface area contributed by atoms with Gasteiger partial charge in [0.25, 0.3) is 0 Å². The number of guanidine groups is 1. The van der Waals surface area contributed by atoms with Crippen LogP contribution >= 0.6 is 11.3 Å². The Kier molecular flexibility index (Phi) is 4.49. The first kappa shape index (κ1) is 17.5. The van der Waals surface area contributed by atoms with Gasteiger partial charge < -0.3 is 5.32 Å². The Morgan fingerprint density at radius 1 is 1.38 bits per heavy atom. The minimum Gasteiger partial charge on any atom is -0.350 e. The molecule has 1 aromatic carbocycles. The van der Waals surface area contributed by atoms with Gasteiger partial charge in [-0.25, -0.2) is 0 Å². The van der Waals surface area contributed by atoms with Gasteiger partial charge in [0.2, 0.25) is 5.91 Å². The Labute approximate surface area is 158 Å². The molecule has 0 saturated carbocycles. The standard InChI is InChI=1S/C20H26N4OS/c1-20(10-18(25)23(2)19(21)22-20)15-6-5-9-24(12-15)11-14-13-26-17-8-4-3-7-16(14)17/h3-4,7-8,13,15H,5-6,9-12H2,1-2H3,(H2,21,22)/t15?,20-/m0/s1. The maximum absolute atomic E-state index is 12.3. The Morgan fingerprint density at radius 2 is 2.19 bits per heavy atom. The molecule has 2 aromatic rings. The Morgan fingerprint density at radius 3 is 3.00 bits per heavy atom. The molecule has 0 bridgehead atoms. The van der Waals surface area contributed by atoms with E-state index < -0.39 is 0 Å². The molecule has 4 rings (SSSR count). The normalized spacial score (nSPS) is 27.8. The van der Waals surface area contributed by atoms with Crippen molar-refractivity contribution in [2.24, 2.45) is 5.92 Å². The summed E-state index contributed by atoms with van der Waals surface area (Å²) in [6, 6.07) is 8.60. The van der Waals surface area contributed by atoms with Gasteiger partial charge >= 0.3 is 0 Å². The fourth-order valence-electron chi connectivity index (χ4n) is 4.32. The number of rotatable bonds is 3. The Balaban J connectivity index is 1.49. The lowest BCUT2D eigenvalue weighted by Gasteiger charge is -2.47. The molecule has 2 N–H and O–H groups in total. The molecule has 0 spiro atoms. The van der Waals surface area contributed by atoms with E-state index in [1.54, 1.807) is 7.05 Å². The molecular formula is C20H26N4OS. The third-order valence-corrected chi connectivity index (χ3v) is 7.01. The van der Waals surface area contributed by atoms with Crippen LogP contribution in [0.1, 0.15) is 31.7 Å². The molecule has 26 heavy (non-hydrogen) atoms. The van der Waals surface area contributed by atoms with E-state index in [0.29, 0.717) is 12.3 Å². The topological polar surface area (TPSA) is 59.4 Å². The third kappa shape index (κ3) is 3.12. The minimum atomic E-state index is -0.323. The fraction of sp³-hybridized carbons (Fsp3) is 0.500. The maximum atomic E-state index is 12.3. The van der Waals surface area contributed by atoms with Crippen molar-refractivity contribution < 1.29 is 4.79 Å². The fourth-order valence-corrected chi connectivity index (χ4v) is 5.27. The highest BCUT2D eigenvalue weighted by molar-refractivity contribution is 7.17. The van der Waals surface area contributed by atoms with E-state index in [-0.39, 0.29) is 17.4 Å². The van der Waals surface area contributed by atoms with Crippen molar-refractivity contribution in [1.82, 2.24) is 15.1 Å². The zero-order chi connectivity index (χ0) is 18.3. The molecular weight excluding hydrogens is 344 g/mol. The van der Waals surface area contributed by atoms with Crippen molar-refractivity contribution >= 4 is 33.3 Å². The number of piperidine rings is 1. The summed E-state index contributed by atoms with van der Waals surface area (Å²) in [5.41, 5.74) is 1.08. The van der Waals surface area contributed by atoms with Gasteiger partial charge in [-0.2, -0.15) is 0 Å². The van der Waals surface area contributed by atoms with Gasteiger partial charge in [-0.05, 0) is 54.6 Å². The van der Waals surface area contributed by atoms with E-state index in [1.165, 1.54) is 20.5 Å². The number of carbonyl (C=O) groups excluding carboxylic acids is 1. The summed E-state index contributed by atoms with van der Waals surface area (Å²) in [5.74, 6) is 0.640. The highest BCUT2D eigenvalue weighted by Gasteiger charge is 2.43. The molecule has 2 aliphatic heterocycles. The number of benzene rings is 1. The molecule has 138 valence electrons. The predicted molar refractivity (Wildman–Crippen MR) is 106 cm³/mol. The zero-order valence-corrected chi connectivity index (χ0v) is 16.2. The zero-order valence-electron chi connectivity index (χ0n) is 15.4. The average molecular weight is 371 g/mol. The minimum absolute atomic E-state index is 0.0391. The number of likely N-dealkylation sites (tertiary alicyclic amines) is 1. The number of nitrogens with zero attached hydrogens (tertiary/aromatic N) is 2. The lowest BCUT2D eigenvalue weighted by Crippen LogP contribution is -2.64. The second-order valence-electron chi connectivity index (χ2n) is 7.85. The SMILES string of the molecule is CN1C(=N)N[C@](C)(C2CCCN(Cc3csc4ccccc34)C2)CC1=O. The molecule has 2 atom stereocenters. The highest BCUT2D eigenvalue weighted by Crippen LogP contribution is 2.34. The van der Waals surface area contributed by atoms with E-state index >= 15 is 0 Å². The molecule has 1 unspecified atom stereocenters. The van der Waals surface area contributed by atoms with Crippen molar-refractivity contribution in [1.29, 1.82) is 5.41 Å². The first-order valence-corrected chi connectivity index (χ1v) is 10.1. The molecule has 5 nitrogen and oxygen atoms in total. The number of nitrogens with one attached hydrogen (secondary N) is 2. The Bertz CT molecular complexity index is 827. The van der Waals surface area contributed by atoms with Crippen molar-refractivity contribution in [3.63, 3.8) is 0 Å². The van der Waals surface area contributed by atoms with Gasteiger partial charge in [-0.1, -0.05) is 18.2 Å². The molecule has 2 fully saturated rings. The largest absolute Gasteiger partial charge is 0.350 e. The third-order valence-electron chi connectivity index (χ3n) is 5.99. The lowest BCUT2D eigenvalue weighted by molar-refractivity contribution is -0.130. The van der Waals surface area contributed by atoms with Crippen LogP contribution in [-0.4, -0.2) is 47.3 Å². The van der Waals surface area contributed by atoms with E-state index in [0.717, 1.165) is 32.5 Å². The number of carbonyl (C=O) groups is 1. The molecule has 3 heterocycles. The van der Waals surface area contributed by atoms with E-state index in [9.17, 15) is 4.79 Å². The van der Waals surface area contributed by atoms with Crippen LogP contribution in [0.15, 0.2) is 29.6 Å². The summed E-state index contributed by atoms with van der Waals surface area (Å²) >= 11 is 1.81. The van der Waals surface area contributed by atoms with E-state index in [4.69, 9.17) is 5.41 Å². The summed E-state index contributed by atoms with van der Waals surface area (Å²) in [6.45, 7) is 5.14. The van der Waals surface area contributed by atoms with E-state index in [1.807, 2.05) is 11.3 Å². The number of hydrogen-bond donors (Lipinski definition) is 2. The summed E-state index contributed by atoms with van der Waals surface area (Å²) in [5, 5.41) is 15.0. The molecule has 1 aromatic heterocycles. The molecule has 1 amide bonds. The lowest BCUT2D eigenvalue weighted by atomic mass is 9.76. The first-order valence-electron chi connectivity index (χ1n) is 9.27. The average Bonchev–Trinajstić information content (AvgIpc) is 3.03. The van der Waals surface area contributed by atoms with Crippen molar-refractivity contribution in [2.45, 2.75) is 38.3 Å². The predicted octanol–water partition coefficient (Wildman–Crippen LogP) is 3.26. The number of thiophene rings is 1. The van der Waals surface area contributed by atoms with Crippen molar-refractivity contribution in [2.75, 3.05) is 20.1 Å². The number of hydrogen-bond acceptors (Lipinski definition) is 4. The van der Waals surface area contributed by atoms with Crippen LogP contribution in [-0.2, 0) is 11.3 Å². The summed E-state index contributed by atoms with van der Waals surface area (Å²) in [6.07, 6.45) is 2.71. The second kappa shape index (κ2) is 6.67. The van der Waals surface area contributed by atoms with Crippen molar-refractivity contribution in [3.8, 4) is 0 Å². The molecule has 2 aliphatic rings. The highest BCUT2D eigenvalue weighted by atomic mass is 32.1. The van der Waals surface area contributed by atoms with Gasteiger partial charge in [0, 0.05) is 24.8 Å². The smallest absolute Gasteiger partial charge is 0.231 e. The summed E-state index contributed by atoms with van der Waals surface area (Å²) < 4.78 is 1.35. The van der Waals surface area contributed by atoms with Crippen LogP contribution < -0.4 is 5.32 Å². The van der Waals surface area contributed by atoms with Crippen LogP contribution in [0, 0.1) is 11.3 Å². The van der Waals surface area contributed by atoms with Crippen LogP contribution in [0.5, 0.6) is 0 Å². The number of amides is 1. The van der Waals surface area contributed by atoms with Gasteiger partial charge in [-0.3, -0.25) is 20.0 Å². The summed E-state index contributed by atoms with van der Waals surface area (Å²) in [7, 11) is 1.67. The first-order chi connectivity index (χ1) is 12.5. The monoisotopic (exact) mass is 370 g/mol. The summed E-state index contributed by atoms with van der Waals surface area (Å²) in [4.78, 5) is 16.2. The van der Waals surface area contributed by atoms with Gasteiger partial charge in [0.05, 0.1) is 12.0 Å². The van der Waals surface area contributed by atoms with Gasteiger partial charge in [-0.15, -0.1) is 11.3 Å². The van der Waals surface area contributed by atoms with Crippen LogP contribution in [0.3, 0.4) is 0 Å². The van der Waals surface area contributed by atoms with Crippen molar-refractivity contribution in [3.05, 3.63) is 35.2 Å². The molecule has 2 saturated heterocycles. The molecule has 0 aliphatic carbocycles.